The number of nitrogens with zero attached hydrogens (tertiary/aromatic N) is 3. The molecular weight excluding hydrogens is 372 g/mol. The molecule has 0 radical (unpaired) electrons. The molecule has 142 valence electrons. The molecule has 7 heteroatoms. The number of para-hydroxylation sites is 3. The van der Waals surface area contributed by atoms with Crippen LogP contribution in [-0.4, -0.2) is 24.9 Å². The van der Waals surface area contributed by atoms with E-state index < -0.39 is 0 Å². The minimum Gasteiger partial charge on any atom is -0.306 e. The molecule has 0 saturated carbocycles. The zero-order chi connectivity index (χ0) is 19.5. The number of hydrogen-bond donors (Lipinski definition) is 1. The zero-order valence-electron chi connectivity index (χ0n) is 15.3. The molecule has 0 aliphatic rings. The van der Waals surface area contributed by atoms with Crippen LogP contribution in [0.3, 0.4) is 0 Å². The fourth-order valence-electron chi connectivity index (χ4n) is 3.26. The lowest BCUT2D eigenvalue weighted by atomic mass is 10.2. The Labute approximate surface area is 165 Å². The van der Waals surface area contributed by atoms with Gasteiger partial charge >= 0.3 is 5.69 Å². The number of fused-ring (bicyclic) bond motifs is 2. The van der Waals surface area contributed by atoms with Gasteiger partial charge in [-0.2, -0.15) is 0 Å². The fraction of sp³-hybridized carbons (Fsp3) is 0.190. The first-order chi connectivity index (χ1) is 13.7. The Morgan fingerprint density at radius 2 is 1.86 bits per heavy atom. The van der Waals surface area contributed by atoms with Crippen molar-refractivity contribution in [3.8, 4) is 0 Å². The monoisotopic (exact) mass is 392 g/mol. The quantitative estimate of drug-likeness (QED) is 0.226. The van der Waals surface area contributed by atoms with Crippen molar-refractivity contribution in [3.63, 3.8) is 0 Å². The highest BCUT2D eigenvalue weighted by Gasteiger charge is 2.11. The number of allylic oxidation sites excluding steroid dienone is 1. The van der Waals surface area contributed by atoms with Gasteiger partial charge in [-0.05, 0) is 30.7 Å². The summed E-state index contributed by atoms with van der Waals surface area (Å²) in [5.41, 5.74) is 2.30. The van der Waals surface area contributed by atoms with Crippen molar-refractivity contribution >= 4 is 33.7 Å². The molecule has 0 bridgehead atoms. The van der Waals surface area contributed by atoms with Crippen molar-refractivity contribution in [2.24, 2.45) is 0 Å². The molecular formula is C21H20N4O2S. The summed E-state index contributed by atoms with van der Waals surface area (Å²) in [5.74, 6) is 0.744. The normalized spacial score (nSPS) is 11.3. The highest BCUT2D eigenvalue weighted by Crippen LogP contribution is 2.19. The summed E-state index contributed by atoms with van der Waals surface area (Å²) < 4.78 is 3.40. The molecule has 0 atom stereocenters. The van der Waals surface area contributed by atoms with Crippen LogP contribution in [0.2, 0.25) is 0 Å². The predicted molar refractivity (Wildman–Crippen MR) is 114 cm³/mol. The first-order valence-corrected chi connectivity index (χ1v) is 10.1. The molecule has 2 aromatic heterocycles. The van der Waals surface area contributed by atoms with Crippen molar-refractivity contribution in [3.05, 3.63) is 82.0 Å². The van der Waals surface area contributed by atoms with Gasteiger partial charge in [0.05, 0.1) is 21.9 Å². The van der Waals surface area contributed by atoms with Gasteiger partial charge in [-0.1, -0.05) is 42.1 Å². The first-order valence-electron chi connectivity index (χ1n) is 9.10. The summed E-state index contributed by atoms with van der Waals surface area (Å²) >= 11 is 1.53. The van der Waals surface area contributed by atoms with E-state index in [1.54, 1.807) is 21.3 Å². The fourth-order valence-corrected chi connectivity index (χ4v) is 4.20. The van der Waals surface area contributed by atoms with Gasteiger partial charge < -0.3 is 4.98 Å². The zero-order valence-corrected chi connectivity index (χ0v) is 16.1. The molecule has 0 saturated heterocycles. The van der Waals surface area contributed by atoms with Gasteiger partial charge in [-0.3, -0.25) is 13.9 Å². The average Bonchev–Trinajstić information content (AvgIpc) is 3.03. The van der Waals surface area contributed by atoms with E-state index in [9.17, 15) is 9.59 Å². The highest BCUT2D eigenvalue weighted by molar-refractivity contribution is 7.99. The molecule has 0 spiro atoms. The predicted octanol–water partition coefficient (Wildman–Crippen LogP) is 3.41. The molecule has 4 aromatic rings. The maximum absolute atomic E-state index is 12.8. The van der Waals surface area contributed by atoms with E-state index in [4.69, 9.17) is 0 Å². The number of aromatic nitrogens is 4. The van der Waals surface area contributed by atoms with Gasteiger partial charge in [0.2, 0.25) is 0 Å². The second kappa shape index (κ2) is 7.90. The second-order valence-corrected chi connectivity index (χ2v) is 7.48. The number of benzene rings is 2. The van der Waals surface area contributed by atoms with Crippen LogP contribution in [0, 0.1) is 0 Å². The van der Waals surface area contributed by atoms with Crippen LogP contribution in [0.4, 0.5) is 0 Å². The van der Waals surface area contributed by atoms with Crippen LogP contribution in [0.5, 0.6) is 0 Å². The van der Waals surface area contributed by atoms with Crippen LogP contribution < -0.4 is 11.2 Å². The average molecular weight is 392 g/mol. The molecule has 0 unspecified atom stereocenters. The minimum atomic E-state index is -0.0985. The number of nitrogens with one attached hydrogen (secondary N) is 1. The van der Waals surface area contributed by atoms with Gasteiger partial charge in [0, 0.05) is 18.8 Å². The van der Waals surface area contributed by atoms with E-state index >= 15 is 0 Å². The van der Waals surface area contributed by atoms with Crippen molar-refractivity contribution in [1.82, 2.24) is 19.1 Å². The van der Waals surface area contributed by atoms with Crippen molar-refractivity contribution in [2.75, 3.05) is 5.75 Å². The molecule has 1 N–H and O–H groups in total. The van der Waals surface area contributed by atoms with E-state index in [2.05, 4.69) is 16.5 Å². The summed E-state index contributed by atoms with van der Waals surface area (Å²) in [4.78, 5) is 32.5. The molecule has 0 amide bonds. The van der Waals surface area contributed by atoms with Crippen molar-refractivity contribution in [1.29, 1.82) is 0 Å². The minimum absolute atomic E-state index is 0.0548. The molecule has 6 nitrogen and oxygen atoms in total. The van der Waals surface area contributed by atoms with Gasteiger partial charge in [-0.25, -0.2) is 9.78 Å². The third-order valence-corrected chi connectivity index (χ3v) is 5.64. The topological polar surface area (TPSA) is 72.7 Å². The van der Waals surface area contributed by atoms with Crippen molar-refractivity contribution in [2.45, 2.75) is 24.7 Å². The Morgan fingerprint density at radius 3 is 2.71 bits per heavy atom. The number of thioether (sulfide) groups is 1. The molecule has 0 aliphatic heterocycles. The van der Waals surface area contributed by atoms with Gasteiger partial charge in [0.15, 0.2) is 5.16 Å². The van der Waals surface area contributed by atoms with Gasteiger partial charge in [0.1, 0.15) is 0 Å². The number of H-pyrrole nitrogens is 1. The lowest BCUT2D eigenvalue weighted by molar-refractivity contribution is 0.662. The number of hydrogen-bond acceptors (Lipinski definition) is 4. The number of aromatic amines is 1. The highest BCUT2D eigenvalue weighted by atomic mass is 32.2. The summed E-state index contributed by atoms with van der Waals surface area (Å²) in [6, 6.07) is 15.0. The van der Waals surface area contributed by atoms with E-state index in [1.807, 2.05) is 42.5 Å². The second-order valence-electron chi connectivity index (χ2n) is 6.42. The Morgan fingerprint density at radius 1 is 1.07 bits per heavy atom. The van der Waals surface area contributed by atoms with Gasteiger partial charge in [-0.15, -0.1) is 6.58 Å². The van der Waals surface area contributed by atoms with Crippen LogP contribution in [-0.2, 0) is 13.1 Å². The van der Waals surface area contributed by atoms with Crippen LogP contribution in [0.25, 0.3) is 21.9 Å². The third kappa shape index (κ3) is 3.41. The maximum Gasteiger partial charge on any atom is 0.326 e. The Balaban J connectivity index is 1.53. The van der Waals surface area contributed by atoms with Crippen LogP contribution in [0.15, 0.2) is 75.9 Å². The SMILES string of the molecule is C=CCn1c(SCCCn2c(=O)[nH]c3ccccc32)nc2ccccc2c1=O. The van der Waals surface area contributed by atoms with Crippen LogP contribution >= 0.6 is 11.8 Å². The van der Waals surface area contributed by atoms with Crippen LogP contribution in [0.1, 0.15) is 6.42 Å². The Hall–Kier alpha value is -3.06. The molecule has 0 aliphatic carbocycles. The molecule has 0 fully saturated rings. The summed E-state index contributed by atoms with van der Waals surface area (Å²) in [6.45, 7) is 4.77. The lowest BCUT2D eigenvalue weighted by Crippen LogP contribution is -2.23. The number of imidazole rings is 1. The standard InChI is InChI=1S/C21H20N4O2S/c1-2-12-25-19(26)15-8-3-4-9-16(15)23-21(25)28-14-7-13-24-18-11-6-5-10-17(18)22-20(24)27/h2-6,8-11H,1,7,12-14H2,(H,22,27). The summed E-state index contributed by atoms with van der Waals surface area (Å²) in [7, 11) is 0. The molecule has 28 heavy (non-hydrogen) atoms. The van der Waals surface area contributed by atoms with E-state index in [-0.39, 0.29) is 11.2 Å². The van der Waals surface area contributed by atoms with Crippen molar-refractivity contribution < 1.29 is 0 Å². The third-order valence-electron chi connectivity index (χ3n) is 4.58. The first kappa shape index (κ1) is 18.3. The molecule has 4 rings (SSSR count). The van der Waals surface area contributed by atoms with Gasteiger partial charge in [0.25, 0.3) is 5.56 Å². The Bertz CT molecular complexity index is 1270. The molecule has 2 heterocycles. The summed E-state index contributed by atoms with van der Waals surface area (Å²) in [5, 5.41) is 1.29. The Kier molecular flexibility index (Phi) is 5.16. The largest absolute Gasteiger partial charge is 0.326 e. The summed E-state index contributed by atoms with van der Waals surface area (Å²) in [6.07, 6.45) is 2.48. The van der Waals surface area contributed by atoms with E-state index in [0.29, 0.717) is 29.1 Å². The number of rotatable bonds is 7. The van der Waals surface area contributed by atoms with E-state index in [1.165, 1.54) is 11.8 Å². The lowest BCUT2D eigenvalue weighted by Gasteiger charge is -2.11. The van der Waals surface area contributed by atoms with E-state index in [0.717, 1.165) is 23.2 Å². The molecule has 2 aromatic carbocycles. The number of aryl methyl sites for hydroxylation is 1. The maximum atomic E-state index is 12.8. The smallest absolute Gasteiger partial charge is 0.306 e.